The van der Waals surface area contributed by atoms with Gasteiger partial charge < -0.3 is 19.5 Å². The molecule has 0 bridgehead atoms. The summed E-state index contributed by atoms with van der Waals surface area (Å²) in [6, 6.07) is 24.1. The molecule has 2 N–H and O–H groups in total. The van der Waals surface area contributed by atoms with Gasteiger partial charge in [0, 0.05) is 25.1 Å². The van der Waals surface area contributed by atoms with E-state index in [1.165, 1.54) is 32.1 Å². The Hall–Kier alpha value is -2.59. The van der Waals surface area contributed by atoms with Gasteiger partial charge in [0.1, 0.15) is 0 Å². The van der Waals surface area contributed by atoms with Crippen molar-refractivity contribution in [1.29, 1.82) is 0 Å². The summed E-state index contributed by atoms with van der Waals surface area (Å²) >= 11 is 0. The molecule has 0 radical (unpaired) electrons. The number of benzene rings is 3. The standard InChI is InChI=1S/C32H40N2O5S/c35-24-26-13-15-27(16-14-26)31-21-29(23-34-19-7-2-1-3-8-20-34)38-32(39-31)28-17-11-25(12-18-28)22-33-40(36,37)30-9-5-4-6-10-30/h4-6,9-18,29,31-33,35H,1-3,7-8,19-24H2/t29-,31+,32+/m0/s1. The van der Waals surface area contributed by atoms with E-state index in [0.717, 1.165) is 48.3 Å². The van der Waals surface area contributed by atoms with Gasteiger partial charge >= 0.3 is 0 Å². The Morgan fingerprint density at radius 2 is 1.40 bits per heavy atom. The van der Waals surface area contributed by atoms with Gasteiger partial charge in [0.05, 0.1) is 23.7 Å². The highest BCUT2D eigenvalue weighted by Gasteiger charge is 2.33. The molecule has 0 unspecified atom stereocenters. The van der Waals surface area contributed by atoms with E-state index in [2.05, 4.69) is 9.62 Å². The van der Waals surface area contributed by atoms with E-state index in [1.54, 1.807) is 30.3 Å². The van der Waals surface area contributed by atoms with Gasteiger partial charge in [-0.2, -0.15) is 0 Å². The van der Waals surface area contributed by atoms with Gasteiger partial charge in [-0.25, -0.2) is 13.1 Å². The van der Waals surface area contributed by atoms with Crippen molar-refractivity contribution < 1.29 is 23.0 Å². The predicted octanol–water partition coefficient (Wildman–Crippen LogP) is 5.47. The summed E-state index contributed by atoms with van der Waals surface area (Å²) in [7, 11) is -3.58. The number of nitrogens with zero attached hydrogens (tertiary/aromatic N) is 1. The minimum atomic E-state index is -3.58. The molecular weight excluding hydrogens is 524 g/mol. The molecule has 0 saturated carbocycles. The third kappa shape index (κ3) is 7.78. The van der Waals surface area contributed by atoms with E-state index in [0.29, 0.717) is 0 Å². The maximum atomic E-state index is 12.6. The molecule has 5 rings (SSSR count). The Balaban J connectivity index is 1.28. The third-order valence-corrected chi connectivity index (χ3v) is 9.21. The van der Waals surface area contributed by atoms with Crippen LogP contribution in [0, 0.1) is 0 Å². The molecule has 3 aromatic rings. The molecule has 0 spiro atoms. The Bertz CT molecular complexity index is 1290. The first-order valence-corrected chi connectivity index (χ1v) is 15.8. The average molecular weight is 565 g/mol. The predicted molar refractivity (Wildman–Crippen MR) is 155 cm³/mol. The van der Waals surface area contributed by atoms with Crippen LogP contribution in [0.2, 0.25) is 0 Å². The Morgan fingerprint density at radius 3 is 2.08 bits per heavy atom. The summed E-state index contributed by atoms with van der Waals surface area (Å²) in [5, 5.41) is 9.47. The second-order valence-corrected chi connectivity index (χ2v) is 12.6. The van der Waals surface area contributed by atoms with Gasteiger partial charge in [0.2, 0.25) is 10.0 Å². The lowest BCUT2D eigenvalue weighted by atomic mass is 9.99. The van der Waals surface area contributed by atoms with E-state index in [-0.39, 0.29) is 30.3 Å². The summed E-state index contributed by atoms with van der Waals surface area (Å²) in [6.07, 6.45) is 6.53. The zero-order valence-electron chi connectivity index (χ0n) is 23.0. The number of sulfonamides is 1. The maximum absolute atomic E-state index is 12.6. The van der Waals surface area contributed by atoms with Crippen LogP contribution in [-0.2, 0) is 32.6 Å². The van der Waals surface area contributed by atoms with Crippen molar-refractivity contribution in [2.45, 2.75) is 75.1 Å². The van der Waals surface area contributed by atoms with Gasteiger partial charge in [-0.05, 0) is 54.8 Å². The smallest absolute Gasteiger partial charge is 0.240 e. The largest absolute Gasteiger partial charge is 0.392 e. The highest BCUT2D eigenvalue weighted by Crippen LogP contribution is 2.38. The fourth-order valence-electron chi connectivity index (χ4n) is 5.47. The lowest BCUT2D eigenvalue weighted by Crippen LogP contribution is -2.40. The van der Waals surface area contributed by atoms with Crippen molar-refractivity contribution in [3.63, 3.8) is 0 Å². The molecule has 2 saturated heterocycles. The van der Waals surface area contributed by atoms with Crippen molar-refractivity contribution in [1.82, 2.24) is 9.62 Å². The van der Waals surface area contributed by atoms with E-state index >= 15 is 0 Å². The molecule has 2 aliphatic rings. The second-order valence-electron chi connectivity index (χ2n) is 10.8. The monoisotopic (exact) mass is 564 g/mol. The quantitative estimate of drug-likeness (QED) is 0.359. The molecular formula is C32H40N2O5S. The minimum Gasteiger partial charge on any atom is -0.392 e. The van der Waals surface area contributed by atoms with E-state index in [9.17, 15) is 13.5 Å². The van der Waals surface area contributed by atoms with Crippen LogP contribution >= 0.6 is 0 Å². The van der Waals surface area contributed by atoms with Crippen molar-refractivity contribution >= 4 is 10.0 Å². The number of rotatable bonds is 9. The number of ether oxygens (including phenoxy) is 2. The van der Waals surface area contributed by atoms with Crippen molar-refractivity contribution in [2.75, 3.05) is 19.6 Å². The van der Waals surface area contributed by atoms with Gasteiger partial charge in [0.25, 0.3) is 0 Å². The number of aliphatic hydroxyl groups is 1. The number of nitrogens with one attached hydrogen (secondary N) is 1. The molecule has 8 heteroatoms. The number of likely N-dealkylation sites (tertiary alicyclic amines) is 1. The molecule has 2 fully saturated rings. The van der Waals surface area contributed by atoms with Crippen LogP contribution in [-0.4, -0.2) is 44.2 Å². The maximum Gasteiger partial charge on any atom is 0.240 e. The number of hydrogen-bond acceptors (Lipinski definition) is 6. The highest BCUT2D eigenvalue weighted by molar-refractivity contribution is 7.89. The van der Waals surface area contributed by atoms with Crippen LogP contribution in [0.25, 0.3) is 0 Å². The van der Waals surface area contributed by atoms with Crippen LogP contribution in [0.15, 0.2) is 83.8 Å². The van der Waals surface area contributed by atoms with Crippen LogP contribution < -0.4 is 4.72 Å². The second kappa shape index (κ2) is 13.9. The SMILES string of the molecule is O=S(=O)(NCc1ccc([C@@H]2O[C@H](CN3CCCCCCC3)C[C@H](c3ccc(CO)cc3)O2)cc1)c1ccccc1. The van der Waals surface area contributed by atoms with Gasteiger partial charge in [0.15, 0.2) is 6.29 Å². The van der Waals surface area contributed by atoms with Crippen LogP contribution in [0.5, 0.6) is 0 Å². The molecule has 40 heavy (non-hydrogen) atoms. The van der Waals surface area contributed by atoms with Gasteiger partial charge in [-0.15, -0.1) is 0 Å². The molecule has 7 nitrogen and oxygen atoms in total. The zero-order chi connectivity index (χ0) is 27.8. The van der Waals surface area contributed by atoms with Crippen molar-refractivity contribution in [3.8, 4) is 0 Å². The van der Waals surface area contributed by atoms with E-state index < -0.39 is 16.3 Å². The lowest BCUT2D eigenvalue weighted by molar-refractivity contribution is -0.253. The van der Waals surface area contributed by atoms with Gasteiger partial charge in [-0.1, -0.05) is 86.0 Å². The average Bonchev–Trinajstić information content (AvgIpc) is 2.98. The number of hydrogen-bond donors (Lipinski definition) is 2. The highest BCUT2D eigenvalue weighted by atomic mass is 32.2. The zero-order valence-corrected chi connectivity index (χ0v) is 23.8. The minimum absolute atomic E-state index is 0.0168. The molecule has 3 aromatic carbocycles. The molecule has 0 amide bonds. The summed E-state index contributed by atoms with van der Waals surface area (Å²) in [5.74, 6) is 0. The van der Waals surface area contributed by atoms with Crippen LogP contribution in [0.1, 0.15) is 73.2 Å². The Labute approximate surface area is 238 Å². The molecule has 0 aromatic heterocycles. The first-order chi connectivity index (χ1) is 19.5. The molecule has 0 aliphatic carbocycles. The molecule has 2 heterocycles. The first kappa shape index (κ1) is 28.9. The molecule has 214 valence electrons. The van der Waals surface area contributed by atoms with Crippen molar-refractivity contribution in [2.24, 2.45) is 0 Å². The van der Waals surface area contributed by atoms with Gasteiger partial charge in [-0.3, -0.25) is 0 Å². The topological polar surface area (TPSA) is 88.1 Å². The summed E-state index contributed by atoms with van der Waals surface area (Å²) < 4.78 is 40.9. The fraction of sp³-hybridized carbons (Fsp3) is 0.438. The Morgan fingerprint density at radius 1 is 0.775 bits per heavy atom. The van der Waals surface area contributed by atoms with Crippen LogP contribution in [0.4, 0.5) is 0 Å². The third-order valence-electron chi connectivity index (χ3n) is 7.80. The first-order valence-electron chi connectivity index (χ1n) is 14.4. The Kier molecular flexibility index (Phi) is 10.0. The van der Waals surface area contributed by atoms with E-state index in [4.69, 9.17) is 9.47 Å². The summed E-state index contributed by atoms with van der Waals surface area (Å²) in [5.41, 5.74) is 3.72. The van der Waals surface area contributed by atoms with E-state index in [1.807, 2.05) is 48.5 Å². The van der Waals surface area contributed by atoms with Crippen LogP contribution in [0.3, 0.4) is 0 Å². The molecule has 3 atom stereocenters. The normalized spacial score (nSPS) is 22.9. The number of aliphatic hydroxyl groups excluding tert-OH is 1. The van der Waals surface area contributed by atoms with Crippen molar-refractivity contribution in [3.05, 3.63) is 101 Å². The fourth-order valence-corrected chi connectivity index (χ4v) is 6.51. The summed E-state index contributed by atoms with van der Waals surface area (Å²) in [4.78, 5) is 2.79. The lowest BCUT2D eigenvalue weighted by Gasteiger charge is -2.38. The summed E-state index contributed by atoms with van der Waals surface area (Å²) in [6.45, 7) is 3.30. The molecule has 2 aliphatic heterocycles.